The summed E-state index contributed by atoms with van der Waals surface area (Å²) in [6.45, 7) is 8.19. The number of aromatic nitrogens is 1. The van der Waals surface area contributed by atoms with Crippen LogP contribution in [-0.4, -0.2) is 102 Å². The number of carbonyl (C=O) groups is 1. The lowest BCUT2D eigenvalue weighted by molar-refractivity contribution is -0.384. The molecule has 2 fully saturated rings. The van der Waals surface area contributed by atoms with E-state index >= 15 is 0 Å². The van der Waals surface area contributed by atoms with E-state index in [2.05, 4.69) is 24.7 Å². The third-order valence-electron chi connectivity index (χ3n) is 12.2. The smallest absolute Gasteiger partial charge is 0.338 e. The van der Waals surface area contributed by atoms with Gasteiger partial charge in [0.05, 0.1) is 26.7 Å². The summed E-state index contributed by atoms with van der Waals surface area (Å²) in [5.74, 6) is -0.377. The van der Waals surface area contributed by atoms with Gasteiger partial charge in [-0.3, -0.25) is 19.7 Å². The number of anilines is 4. The number of carboxylic acids is 1. The number of benzene rings is 5. The SMILES string of the molecule is Cc1c(C(=O)O)c(-c2cccc(N3CCN(c4ccc(NS(=O)(=O)c5ccc(N[C@H](CCN6CC(C)(O)C6)CSc6ccccc6)c([N+](=O)[O-])c5)cc4)CC3)c2)c(-c2ccc(Cl)cc2)n1C. The maximum Gasteiger partial charge on any atom is 0.338 e. The highest BCUT2D eigenvalue weighted by molar-refractivity contribution is 7.99. The normalized spacial score (nSPS) is 15.5. The summed E-state index contributed by atoms with van der Waals surface area (Å²) in [6, 6.07) is 36.0. The zero-order valence-electron chi connectivity index (χ0n) is 36.9. The first kappa shape index (κ1) is 46.5. The minimum Gasteiger partial charge on any atom is -0.478 e. The van der Waals surface area contributed by atoms with Gasteiger partial charge in [0.25, 0.3) is 15.7 Å². The summed E-state index contributed by atoms with van der Waals surface area (Å²) in [4.78, 5) is 31.9. The molecule has 0 bridgehead atoms. The van der Waals surface area contributed by atoms with E-state index in [1.807, 2.05) is 97.4 Å². The summed E-state index contributed by atoms with van der Waals surface area (Å²) in [6.07, 6.45) is 0.659. The molecule has 66 heavy (non-hydrogen) atoms. The van der Waals surface area contributed by atoms with Crippen LogP contribution in [-0.2, 0) is 17.1 Å². The number of nitro groups is 1. The number of rotatable bonds is 17. The van der Waals surface area contributed by atoms with Crippen molar-refractivity contribution in [3.63, 3.8) is 0 Å². The largest absolute Gasteiger partial charge is 0.478 e. The molecule has 2 aliphatic rings. The molecule has 0 radical (unpaired) electrons. The van der Waals surface area contributed by atoms with Gasteiger partial charge in [-0.05, 0) is 104 Å². The van der Waals surface area contributed by atoms with Crippen molar-refractivity contribution in [2.24, 2.45) is 7.05 Å². The fourth-order valence-electron chi connectivity index (χ4n) is 8.82. The first-order valence-electron chi connectivity index (χ1n) is 21.6. The number of β-amino-alcohol motifs (C(OH)–C–C–N with tert-alkyl or cyclic N) is 1. The number of nitrogens with zero attached hydrogens (tertiary/aromatic N) is 5. The second kappa shape index (κ2) is 19.4. The Balaban J connectivity index is 0.917. The number of likely N-dealkylation sites (tertiary alicyclic amines) is 1. The van der Waals surface area contributed by atoms with Gasteiger partial charge in [-0.25, -0.2) is 13.2 Å². The first-order valence-corrected chi connectivity index (χ1v) is 24.5. The Morgan fingerprint density at radius 3 is 2.18 bits per heavy atom. The van der Waals surface area contributed by atoms with Crippen LogP contribution in [0.1, 0.15) is 29.4 Å². The summed E-state index contributed by atoms with van der Waals surface area (Å²) in [7, 11) is -2.32. The summed E-state index contributed by atoms with van der Waals surface area (Å²) >= 11 is 7.83. The Kier molecular flexibility index (Phi) is 13.7. The number of halogens is 1. The number of aliphatic hydroxyl groups is 1. The average molecular weight is 951 g/mol. The van der Waals surface area contributed by atoms with Crippen molar-refractivity contribution in [1.29, 1.82) is 0 Å². The molecule has 0 spiro atoms. The van der Waals surface area contributed by atoms with Gasteiger partial charge in [-0.1, -0.05) is 54.1 Å². The van der Waals surface area contributed by atoms with E-state index < -0.39 is 26.5 Å². The van der Waals surface area contributed by atoms with Crippen molar-refractivity contribution in [2.45, 2.75) is 41.7 Å². The molecule has 14 nitrogen and oxygen atoms in total. The summed E-state index contributed by atoms with van der Waals surface area (Å²) in [5.41, 5.74) is 5.39. The molecule has 17 heteroatoms. The van der Waals surface area contributed by atoms with E-state index in [1.165, 1.54) is 12.1 Å². The maximum atomic E-state index is 13.6. The van der Waals surface area contributed by atoms with Gasteiger partial charge in [0.1, 0.15) is 5.69 Å². The highest BCUT2D eigenvalue weighted by atomic mass is 35.5. The number of thioether (sulfide) groups is 1. The van der Waals surface area contributed by atoms with Crippen LogP contribution in [0.2, 0.25) is 5.02 Å². The first-order chi connectivity index (χ1) is 31.5. The number of sulfonamides is 1. The standard InChI is InChI=1S/C49H52ClN7O7S2/c1-33-45(48(58)59)46(47(53(33)3)34-12-14-36(50)15-13-34)35-8-7-9-40(28-35)56-26-24-55(25-27-56)39-18-16-37(17-19-39)52-66(63,64)42-20-21-43(44(29-42)57(61)62)51-38(22-23-54-31-49(2,60)32-54)30-65-41-10-5-4-6-11-41/h4-21,28-29,38,51-52,60H,22-27,30-32H2,1-3H3,(H,58,59)/t38-/m1/s1. The molecule has 0 saturated carbocycles. The van der Waals surface area contributed by atoms with Crippen LogP contribution in [0.15, 0.2) is 131 Å². The van der Waals surface area contributed by atoms with Crippen molar-refractivity contribution in [1.82, 2.24) is 9.47 Å². The van der Waals surface area contributed by atoms with Crippen LogP contribution in [0.25, 0.3) is 22.4 Å². The molecule has 2 saturated heterocycles. The van der Waals surface area contributed by atoms with Crippen molar-refractivity contribution in [3.05, 3.63) is 148 Å². The van der Waals surface area contributed by atoms with Gasteiger partial charge in [0.2, 0.25) is 0 Å². The van der Waals surface area contributed by atoms with Crippen LogP contribution >= 0.6 is 23.4 Å². The van der Waals surface area contributed by atoms with Gasteiger partial charge in [-0.2, -0.15) is 0 Å². The molecule has 0 amide bonds. The topological polar surface area (TPSA) is 174 Å². The zero-order valence-corrected chi connectivity index (χ0v) is 39.2. The second-order valence-corrected chi connectivity index (χ2v) is 20.3. The van der Waals surface area contributed by atoms with Crippen molar-refractivity contribution in [3.8, 4) is 22.4 Å². The lowest BCUT2D eigenvalue weighted by atomic mass is 9.96. The molecular formula is C49H52ClN7O7S2. The average Bonchev–Trinajstić information content (AvgIpc) is 3.56. The number of hydrogen-bond donors (Lipinski definition) is 4. The predicted octanol–water partition coefficient (Wildman–Crippen LogP) is 9.08. The molecule has 1 atom stereocenters. The van der Waals surface area contributed by atoms with E-state index in [4.69, 9.17) is 11.6 Å². The van der Waals surface area contributed by atoms with Gasteiger partial charge >= 0.3 is 5.97 Å². The molecule has 0 aliphatic carbocycles. The lowest BCUT2D eigenvalue weighted by Gasteiger charge is -2.44. The quantitative estimate of drug-likeness (QED) is 0.0389. The van der Waals surface area contributed by atoms with Crippen LogP contribution < -0.4 is 19.8 Å². The van der Waals surface area contributed by atoms with Gasteiger partial charge in [-0.15, -0.1) is 11.8 Å². The van der Waals surface area contributed by atoms with E-state index in [1.54, 1.807) is 43.0 Å². The van der Waals surface area contributed by atoms with Gasteiger partial charge in [0.15, 0.2) is 0 Å². The van der Waals surface area contributed by atoms with E-state index in [9.17, 15) is 33.5 Å². The Hall–Kier alpha value is -6.04. The number of carboxylic acid groups (broad SMARTS) is 1. The number of hydrogen-bond acceptors (Lipinski definition) is 11. The third-order valence-corrected chi connectivity index (χ3v) is 15.0. The molecule has 6 aromatic rings. The second-order valence-electron chi connectivity index (χ2n) is 17.1. The van der Waals surface area contributed by atoms with Crippen molar-refractivity contribution < 1.29 is 28.3 Å². The number of nitro benzene ring substituents is 1. The Bertz CT molecular complexity index is 2830. The Labute approximate surface area is 394 Å². The highest BCUT2D eigenvalue weighted by Gasteiger charge is 2.36. The molecule has 5 aromatic carbocycles. The van der Waals surface area contributed by atoms with Crippen LogP contribution in [0.3, 0.4) is 0 Å². The molecule has 3 heterocycles. The van der Waals surface area contributed by atoms with E-state index in [0.29, 0.717) is 80.0 Å². The van der Waals surface area contributed by atoms with Crippen molar-refractivity contribution in [2.75, 3.05) is 71.4 Å². The molecule has 2 aliphatic heterocycles. The predicted molar refractivity (Wildman–Crippen MR) is 264 cm³/mol. The molecule has 1 aromatic heterocycles. The maximum absolute atomic E-state index is 13.6. The fraction of sp³-hybridized carbons (Fsp3) is 0.286. The zero-order chi connectivity index (χ0) is 46.8. The summed E-state index contributed by atoms with van der Waals surface area (Å²) < 4.78 is 31.8. The Morgan fingerprint density at radius 1 is 0.879 bits per heavy atom. The van der Waals surface area contributed by atoms with Crippen molar-refractivity contribution >= 4 is 67.8 Å². The van der Waals surface area contributed by atoms with Gasteiger partial charge in [0, 0.05) is 109 Å². The number of piperazine rings is 1. The van der Waals surface area contributed by atoms with E-state index in [-0.39, 0.29) is 27.9 Å². The Morgan fingerprint density at radius 2 is 1.55 bits per heavy atom. The molecule has 0 unspecified atom stereocenters. The van der Waals surface area contributed by atoms with Gasteiger partial charge < -0.3 is 29.9 Å². The summed E-state index contributed by atoms with van der Waals surface area (Å²) in [5, 5.41) is 36.8. The minimum atomic E-state index is -4.19. The molecule has 8 rings (SSSR count). The van der Waals surface area contributed by atoms with Crippen LogP contribution in [0.4, 0.5) is 28.4 Å². The number of nitrogens with one attached hydrogen (secondary N) is 2. The third kappa shape index (κ3) is 10.5. The van der Waals surface area contributed by atoms with Crippen LogP contribution in [0.5, 0.6) is 0 Å². The van der Waals surface area contributed by atoms with E-state index in [0.717, 1.165) is 39.2 Å². The van der Waals surface area contributed by atoms with Crippen LogP contribution in [0, 0.1) is 17.0 Å². The molecular weight excluding hydrogens is 898 g/mol. The molecule has 4 N–H and O–H groups in total. The highest BCUT2D eigenvalue weighted by Crippen LogP contribution is 2.41. The number of aromatic carboxylic acids is 1. The fourth-order valence-corrected chi connectivity index (χ4v) is 11.0. The lowest BCUT2D eigenvalue weighted by Crippen LogP contribution is -2.60. The minimum absolute atomic E-state index is 0.180. The molecule has 344 valence electrons. The monoisotopic (exact) mass is 949 g/mol.